The monoisotopic (exact) mass is 406 g/mol. The van der Waals surface area contributed by atoms with E-state index in [1.54, 1.807) is 12.1 Å². The maximum atomic E-state index is 12.5. The predicted molar refractivity (Wildman–Crippen MR) is 119 cm³/mol. The molecule has 0 aliphatic carbocycles. The number of hydrogen-bond donors (Lipinski definition) is 2. The topological polar surface area (TPSA) is 75.3 Å². The quantitative estimate of drug-likeness (QED) is 0.677. The third-order valence-corrected chi connectivity index (χ3v) is 5.43. The molecule has 2 aromatic carbocycles. The fourth-order valence-electron chi connectivity index (χ4n) is 3.56. The number of aryl methyl sites for hydroxylation is 1. The minimum atomic E-state index is -0.111. The first-order chi connectivity index (χ1) is 14.2. The van der Waals surface area contributed by atoms with Crippen molar-refractivity contribution in [2.24, 2.45) is 0 Å². The third kappa shape index (κ3) is 5.78. The average Bonchev–Trinajstić information content (AvgIpc) is 2.71. The number of anilines is 1. The van der Waals surface area contributed by atoms with Crippen LogP contribution in [0.3, 0.4) is 0 Å². The fourth-order valence-corrected chi connectivity index (χ4v) is 3.56. The number of benzene rings is 2. The van der Waals surface area contributed by atoms with Crippen LogP contribution >= 0.6 is 0 Å². The van der Waals surface area contributed by atoms with E-state index < -0.39 is 0 Å². The smallest absolute Gasteiger partial charge is 0.224 e. The molecule has 3 rings (SSSR count). The largest absolute Gasteiger partial charge is 0.356 e. The van der Waals surface area contributed by atoms with Crippen LogP contribution in [0.15, 0.2) is 42.5 Å². The third-order valence-electron chi connectivity index (χ3n) is 5.43. The maximum absolute atomic E-state index is 12.5. The molecule has 0 fully saturated rings. The zero-order chi connectivity index (χ0) is 21.7. The van der Waals surface area contributed by atoms with Gasteiger partial charge >= 0.3 is 0 Å². The van der Waals surface area contributed by atoms with Gasteiger partial charge < -0.3 is 10.6 Å². The van der Waals surface area contributed by atoms with Crippen molar-refractivity contribution in [3.8, 4) is 0 Å². The lowest BCUT2D eigenvalue weighted by atomic mass is 9.86. The summed E-state index contributed by atoms with van der Waals surface area (Å²) in [5.41, 5.74) is 4.92. The number of amides is 2. The van der Waals surface area contributed by atoms with Gasteiger partial charge in [-0.05, 0) is 53.1 Å². The number of nitrogens with one attached hydrogen (secondary N) is 2. The van der Waals surface area contributed by atoms with Crippen molar-refractivity contribution in [2.75, 3.05) is 11.9 Å². The van der Waals surface area contributed by atoms with E-state index in [1.165, 1.54) is 11.1 Å². The van der Waals surface area contributed by atoms with Crippen molar-refractivity contribution in [3.63, 3.8) is 0 Å². The van der Waals surface area contributed by atoms with Gasteiger partial charge in [0.25, 0.3) is 0 Å². The molecule has 0 atom stereocenters. The molecule has 2 aromatic rings. The number of carbonyl (C=O) groups is 3. The van der Waals surface area contributed by atoms with Crippen molar-refractivity contribution in [1.82, 2.24) is 5.32 Å². The van der Waals surface area contributed by atoms with Crippen LogP contribution in [0.25, 0.3) is 0 Å². The lowest BCUT2D eigenvalue weighted by Crippen LogP contribution is -2.26. The molecule has 2 N–H and O–H groups in total. The van der Waals surface area contributed by atoms with E-state index in [4.69, 9.17) is 0 Å². The first-order valence-corrected chi connectivity index (χ1v) is 10.5. The molecular weight excluding hydrogens is 376 g/mol. The van der Waals surface area contributed by atoms with Crippen LogP contribution in [0.4, 0.5) is 5.69 Å². The van der Waals surface area contributed by atoms with Crippen LogP contribution in [0.2, 0.25) is 0 Å². The van der Waals surface area contributed by atoms with Crippen molar-refractivity contribution in [3.05, 3.63) is 64.7 Å². The molecule has 0 unspecified atom stereocenters. The highest BCUT2D eigenvalue weighted by Gasteiger charge is 2.17. The van der Waals surface area contributed by atoms with Gasteiger partial charge in [-0.2, -0.15) is 0 Å². The zero-order valence-corrected chi connectivity index (χ0v) is 18.0. The van der Waals surface area contributed by atoms with E-state index in [0.717, 1.165) is 17.7 Å². The molecule has 0 aromatic heterocycles. The molecular formula is C25H30N2O3. The average molecular weight is 407 g/mol. The van der Waals surface area contributed by atoms with Crippen LogP contribution in [0.5, 0.6) is 0 Å². The molecule has 0 saturated heterocycles. The molecule has 158 valence electrons. The lowest BCUT2D eigenvalue weighted by molar-refractivity contribution is -0.121. The second-order valence-corrected chi connectivity index (χ2v) is 8.89. The summed E-state index contributed by atoms with van der Waals surface area (Å²) >= 11 is 0. The Morgan fingerprint density at radius 1 is 1.03 bits per heavy atom. The Morgan fingerprint density at radius 3 is 2.60 bits per heavy atom. The Morgan fingerprint density at radius 2 is 1.83 bits per heavy atom. The Kier molecular flexibility index (Phi) is 6.70. The summed E-state index contributed by atoms with van der Waals surface area (Å²) in [6, 6.07) is 13.8. The van der Waals surface area contributed by atoms with Gasteiger partial charge in [-0.3, -0.25) is 14.4 Å². The van der Waals surface area contributed by atoms with Crippen molar-refractivity contribution in [2.45, 2.75) is 58.3 Å². The van der Waals surface area contributed by atoms with Gasteiger partial charge in [0.05, 0.1) is 0 Å². The maximum Gasteiger partial charge on any atom is 0.224 e. The first-order valence-electron chi connectivity index (χ1n) is 10.5. The molecule has 2 amide bonds. The molecule has 0 bridgehead atoms. The predicted octanol–water partition coefficient (Wildman–Crippen LogP) is 4.19. The van der Waals surface area contributed by atoms with Gasteiger partial charge in [-0.1, -0.05) is 45.0 Å². The van der Waals surface area contributed by atoms with E-state index in [9.17, 15) is 14.4 Å². The molecule has 0 spiro atoms. The highest BCUT2D eigenvalue weighted by molar-refractivity contribution is 6.00. The zero-order valence-electron chi connectivity index (χ0n) is 18.0. The Balaban J connectivity index is 1.45. The summed E-state index contributed by atoms with van der Waals surface area (Å²) in [4.78, 5) is 36.0. The van der Waals surface area contributed by atoms with Crippen LogP contribution in [0, 0.1) is 0 Å². The summed E-state index contributed by atoms with van der Waals surface area (Å²) in [5.74, 6) is -0.161. The molecule has 1 aliphatic rings. The molecule has 30 heavy (non-hydrogen) atoms. The summed E-state index contributed by atoms with van der Waals surface area (Å²) in [7, 11) is 0. The Bertz CT molecular complexity index is 957. The second-order valence-electron chi connectivity index (χ2n) is 8.89. The summed E-state index contributed by atoms with van der Waals surface area (Å²) in [6.07, 6.45) is 2.19. The van der Waals surface area contributed by atoms with Gasteiger partial charge in [0.1, 0.15) is 0 Å². The summed E-state index contributed by atoms with van der Waals surface area (Å²) < 4.78 is 0. The van der Waals surface area contributed by atoms with Gasteiger partial charge in [0.2, 0.25) is 11.8 Å². The number of ketones is 1. The first kappa shape index (κ1) is 21.8. The van der Waals surface area contributed by atoms with Gasteiger partial charge in [-0.25, -0.2) is 0 Å². The lowest BCUT2D eigenvalue weighted by Gasteiger charge is -2.19. The SMILES string of the molecule is CC(C)(C)c1cccc(CCNC(=O)CCC(=O)c2ccc3c(c2)CCC(=O)N3)c1. The number of carbonyl (C=O) groups excluding carboxylic acids is 3. The minimum Gasteiger partial charge on any atom is -0.356 e. The van der Waals surface area contributed by atoms with Crippen LogP contribution in [-0.2, 0) is 27.8 Å². The normalized spacial score (nSPS) is 13.4. The van der Waals surface area contributed by atoms with Gasteiger partial charge in [0, 0.05) is 37.1 Å². The number of fused-ring (bicyclic) bond motifs is 1. The van der Waals surface area contributed by atoms with Crippen LogP contribution in [0.1, 0.15) is 67.1 Å². The standard InChI is InChI=1S/C25H30N2O3/c1-25(2,3)20-6-4-5-17(15-20)13-14-26-23(29)12-10-22(28)19-7-9-21-18(16-19)8-11-24(30)27-21/h4-7,9,15-16H,8,10-14H2,1-3H3,(H,26,29)(H,27,30). The fraction of sp³-hybridized carbons (Fsp3) is 0.400. The molecule has 0 saturated carbocycles. The number of Topliss-reactive ketones (excluding diaryl/α,β-unsaturated/α-hetero) is 1. The van der Waals surface area contributed by atoms with E-state index in [2.05, 4.69) is 55.7 Å². The van der Waals surface area contributed by atoms with Crippen molar-refractivity contribution >= 4 is 23.3 Å². The highest BCUT2D eigenvalue weighted by atomic mass is 16.2. The summed E-state index contributed by atoms with van der Waals surface area (Å²) in [5, 5.41) is 5.72. The van der Waals surface area contributed by atoms with Crippen molar-refractivity contribution in [1.29, 1.82) is 0 Å². The van der Waals surface area contributed by atoms with Gasteiger partial charge in [-0.15, -0.1) is 0 Å². The Hall–Kier alpha value is -2.95. The molecule has 0 radical (unpaired) electrons. The van der Waals surface area contributed by atoms with E-state index >= 15 is 0 Å². The number of hydrogen-bond acceptors (Lipinski definition) is 3. The molecule has 5 nitrogen and oxygen atoms in total. The van der Waals surface area contributed by atoms with E-state index in [0.29, 0.717) is 24.9 Å². The van der Waals surface area contributed by atoms with Gasteiger partial charge in [0.15, 0.2) is 5.78 Å². The molecule has 1 aliphatic heterocycles. The highest BCUT2D eigenvalue weighted by Crippen LogP contribution is 2.24. The Labute approximate surface area is 178 Å². The van der Waals surface area contributed by atoms with Crippen LogP contribution < -0.4 is 10.6 Å². The van der Waals surface area contributed by atoms with E-state index in [1.807, 2.05) is 6.07 Å². The van der Waals surface area contributed by atoms with Crippen molar-refractivity contribution < 1.29 is 14.4 Å². The summed E-state index contributed by atoms with van der Waals surface area (Å²) in [6.45, 7) is 7.11. The second kappa shape index (κ2) is 9.24. The van der Waals surface area contributed by atoms with E-state index in [-0.39, 0.29) is 35.9 Å². The molecule has 1 heterocycles. The van der Waals surface area contributed by atoms with Crippen LogP contribution in [-0.4, -0.2) is 24.1 Å². The minimum absolute atomic E-state index is 0.00313. The number of rotatable bonds is 7. The molecule has 5 heteroatoms.